The van der Waals surface area contributed by atoms with Gasteiger partial charge in [0, 0.05) is 6.04 Å². The number of hydrogen-bond donors (Lipinski definition) is 0. The topological polar surface area (TPSA) is 39.9 Å². The molecule has 1 saturated carbocycles. The van der Waals surface area contributed by atoms with Crippen molar-refractivity contribution in [3.05, 3.63) is 41.8 Å². The van der Waals surface area contributed by atoms with Crippen LogP contribution in [0.5, 0.6) is 5.75 Å². The lowest BCUT2D eigenvalue weighted by Gasteiger charge is -2.17. The predicted octanol–water partition coefficient (Wildman–Crippen LogP) is 4.88. The highest BCUT2D eigenvalue weighted by Crippen LogP contribution is 2.39. The summed E-state index contributed by atoms with van der Waals surface area (Å²) in [6.45, 7) is 0. The highest BCUT2D eigenvalue weighted by Gasteiger charge is 2.24. The van der Waals surface area contributed by atoms with Gasteiger partial charge >= 0.3 is 0 Å². The number of fused-ring (bicyclic) bond motifs is 1. The van der Waals surface area contributed by atoms with Crippen LogP contribution in [0, 0.1) is 0 Å². The van der Waals surface area contributed by atoms with Gasteiger partial charge in [-0.1, -0.05) is 24.4 Å². The van der Waals surface area contributed by atoms with Crippen molar-refractivity contribution in [2.75, 3.05) is 7.11 Å². The molecule has 0 atom stereocenters. The van der Waals surface area contributed by atoms with Crippen molar-refractivity contribution >= 4 is 22.6 Å². The van der Waals surface area contributed by atoms with Gasteiger partial charge in [0.15, 0.2) is 0 Å². The molecule has 0 aliphatic heterocycles. The molecule has 0 N–H and O–H groups in total. The van der Waals surface area contributed by atoms with Gasteiger partial charge in [0.05, 0.1) is 18.2 Å². The smallest absolute Gasteiger partial charge is 0.145 e. The van der Waals surface area contributed by atoms with Crippen molar-refractivity contribution in [3.8, 4) is 17.0 Å². The number of ether oxygens (including phenoxy) is 1. The van der Waals surface area contributed by atoms with Crippen molar-refractivity contribution in [2.45, 2.75) is 31.7 Å². The van der Waals surface area contributed by atoms with E-state index in [2.05, 4.69) is 32.7 Å². The molecule has 0 spiro atoms. The quantitative estimate of drug-likeness (QED) is 0.644. The lowest BCUT2D eigenvalue weighted by atomic mass is 10.1. The molecule has 2 heterocycles. The van der Waals surface area contributed by atoms with Crippen LogP contribution in [0.3, 0.4) is 0 Å². The molecule has 1 aliphatic rings. The normalized spacial score (nSPS) is 15.4. The lowest BCUT2D eigenvalue weighted by Crippen LogP contribution is -2.07. The number of hydrogen-bond acceptors (Lipinski definition) is 3. The van der Waals surface area contributed by atoms with Crippen LogP contribution in [-0.4, -0.2) is 21.6 Å². The van der Waals surface area contributed by atoms with Gasteiger partial charge in [-0.25, -0.2) is 9.97 Å². The summed E-state index contributed by atoms with van der Waals surface area (Å²) in [6, 6.07) is 10.7. The van der Waals surface area contributed by atoms with Crippen LogP contribution in [0.2, 0.25) is 5.15 Å². The number of nitrogens with zero attached hydrogens (tertiary/aromatic N) is 3. The average Bonchev–Trinajstić information content (AvgIpc) is 3.22. The molecular formula is C18H18ClN3O. The molecule has 5 heteroatoms. The van der Waals surface area contributed by atoms with Crippen molar-refractivity contribution in [1.29, 1.82) is 0 Å². The summed E-state index contributed by atoms with van der Waals surface area (Å²) in [5.74, 6) is 0.857. The Bertz CT molecular complexity index is 835. The molecule has 0 bridgehead atoms. The van der Waals surface area contributed by atoms with Gasteiger partial charge in [0.1, 0.15) is 22.9 Å². The monoisotopic (exact) mass is 327 g/mol. The fraction of sp³-hybridized carbons (Fsp3) is 0.333. The van der Waals surface area contributed by atoms with Crippen LogP contribution in [0.1, 0.15) is 31.7 Å². The third-order valence-electron chi connectivity index (χ3n) is 4.66. The van der Waals surface area contributed by atoms with Gasteiger partial charge in [-0.3, -0.25) is 0 Å². The second-order valence-corrected chi connectivity index (χ2v) is 6.33. The Labute approximate surface area is 140 Å². The molecule has 4 rings (SSSR count). The van der Waals surface area contributed by atoms with Crippen LogP contribution in [0.15, 0.2) is 36.7 Å². The maximum absolute atomic E-state index is 6.30. The Balaban J connectivity index is 1.93. The second-order valence-electron chi connectivity index (χ2n) is 5.97. The lowest BCUT2D eigenvalue weighted by molar-refractivity contribution is 0.415. The first kappa shape index (κ1) is 14.5. The van der Waals surface area contributed by atoms with E-state index in [4.69, 9.17) is 16.3 Å². The Morgan fingerprint density at radius 1 is 1.13 bits per heavy atom. The van der Waals surface area contributed by atoms with E-state index >= 15 is 0 Å². The summed E-state index contributed by atoms with van der Waals surface area (Å²) >= 11 is 6.30. The highest BCUT2D eigenvalue weighted by atomic mass is 35.5. The zero-order chi connectivity index (χ0) is 15.8. The molecular weight excluding hydrogens is 310 g/mol. The Hall–Kier alpha value is -2.07. The fourth-order valence-electron chi connectivity index (χ4n) is 3.52. The number of aromatic nitrogens is 3. The zero-order valence-corrected chi connectivity index (χ0v) is 13.8. The molecule has 1 fully saturated rings. The molecule has 0 radical (unpaired) electrons. The third-order valence-corrected chi connectivity index (χ3v) is 4.96. The molecule has 1 aromatic carbocycles. The van der Waals surface area contributed by atoms with Crippen LogP contribution in [0.4, 0.5) is 0 Å². The number of rotatable bonds is 3. The molecule has 3 aromatic rings. The van der Waals surface area contributed by atoms with Crippen molar-refractivity contribution < 1.29 is 4.74 Å². The predicted molar refractivity (Wildman–Crippen MR) is 92.0 cm³/mol. The van der Waals surface area contributed by atoms with E-state index in [1.165, 1.54) is 25.7 Å². The van der Waals surface area contributed by atoms with Crippen molar-refractivity contribution in [3.63, 3.8) is 0 Å². The zero-order valence-electron chi connectivity index (χ0n) is 13.0. The van der Waals surface area contributed by atoms with E-state index in [0.717, 1.165) is 28.0 Å². The van der Waals surface area contributed by atoms with Gasteiger partial charge in [-0.2, -0.15) is 0 Å². The van der Waals surface area contributed by atoms with Crippen LogP contribution in [-0.2, 0) is 0 Å². The van der Waals surface area contributed by atoms with Gasteiger partial charge < -0.3 is 9.30 Å². The molecule has 0 unspecified atom stereocenters. The van der Waals surface area contributed by atoms with Crippen LogP contribution in [0.25, 0.3) is 22.3 Å². The van der Waals surface area contributed by atoms with E-state index in [1.807, 2.05) is 12.1 Å². The molecule has 118 valence electrons. The average molecular weight is 328 g/mol. The fourth-order valence-corrected chi connectivity index (χ4v) is 3.70. The summed E-state index contributed by atoms with van der Waals surface area (Å²) in [4.78, 5) is 8.64. The number of halogens is 1. The van der Waals surface area contributed by atoms with Crippen LogP contribution >= 0.6 is 11.6 Å². The highest BCUT2D eigenvalue weighted by molar-refractivity contribution is 6.34. The first-order chi connectivity index (χ1) is 11.3. The summed E-state index contributed by atoms with van der Waals surface area (Å²) in [5.41, 5.74) is 3.23. The van der Waals surface area contributed by atoms with Crippen molar-refractivity contribution in [2.24, 2.45) is 0 Å². The summed E-state index contributed by atoms with van der Waals surface area (Å²) in [5, 5.41) is 1.44. The van der Waals surface area contributed by atoms with E-state index in [1.54, 1.807) is 13.4 Å². The standard InChI is InChI=1S/C18H18ClN3O/c1-23-14-8-6-12(7-9-14)16-10-15-17(19)20-11-21-18(15)22(16)13-4-2-3-5-13/h6-11,13H,2-5H2,1H3. The Morgan fingerprint density at radius 3 is 2.57 bits per heavy atom. The van der Waals surface area contributed by atoms with Gasteiger partial charge in [0.2, 0.25) is 0 Å². The molecule has 23 heavy (non-hydrogen) atoms. The van der Waals surface area contributed by atoms with Gasteiger partial charge in [0.25, 0.3) is 0 Å². The summed E-state index contributed by atoms with van der Waals surface area (Å²) in [6.07, 6.45) is 6.47. The second kappa shape index (κ2) is 5.85. The maximum atomic E-state index is 6.30. The number of methoxy groups -OCH3 is 1. The van der Waals surface area contributed by atoms with E-state index in [0.29, 0.717) is 11.2 Å². The largest absolute Gasteiger partial charge is 0.497 e. The Morgan fingerprint density at radius 2 is 1.87 bits per heavy atom. The molecule has 4 nitrogen and oxygen atoms in total. The summed E-state index contributed by atoms with van der Waals surface area (Å²) in [7, 11) is 1.68. The SMILES string of the molecule is COc1ccc(-c2cc3c(Cl)ncnc3n2C2CCCC2)cc1. The van der Waals surface area contributed by atoms with Crippen LogP contribution < -0.4 is 4.74 Å². The van der Waals surface area contributed by atoms with E-state index in [9.17, 15) is 0 Å². The minimum absolute atomic E-state index is 0.482. The molecule has 0 saturated heterocycles. The van der Waals surface area contributed by atoms with E-state index < -0.39 is 0 Å². The van der Waals surface area contributed by atoms with Gasteiger partial charge in [-0.15, -0.1) is 0 Å². The minimum Gasteiger partial charge on any atom is -0.497 e. The first-order valence-corrected chi connectivity index (χ1v) is 8.31. The summed E-state index contributed by atoms with van der Waals surface area (Å²) < 4.78 is 7.61. The molecule has 0 amide bonds. The van der Waals surface area contributed by atoms with E-state index in [-0.39, 0.29) is 0 Å². The number of benzene rings is 1. The van der Waals surface area contributed by atoms with Crippen molar-refractivity contribution in [1.82, 2.24) is 14.5 Å². The maximum Gasteiger partial charge on any atom is 0.145 e. The minimum atomic E-state index is 0.482. The third kappa shape index (κ3) is 2.47. The Kier molecular flexibility index (Phi) is 3.69. The van der Waals surface area contributed by atoms with Gasteiger partial charge in [-0.05, 0) is 48.7 Å². The first-order valence-electron chi connectivity index (χ1n) is 7.94. The molecule has 2 aromatic heterocycles. The molecule has 1 aliphatic carbocycles.